The quantitative estimate of drug-likeness (QED) is 0.334. The molecule has 1 saturated heterocycles. The number of anilines is 1. The van der Waals surface area contributed by atoms with Gasteiger partial charge in [0.15, 0.2) is 5.82 Å². The first-order valence-electron chi connectivity index (χ1n) is 11.5. The largest absolute Gasteiger partial charge is 0.507 e. The molecule has 5 rings (SSSR count). The average Bonchev–Trinajstić information content (AvgIpc) is 3.31. The van der Waals surface area contributed by atoms with Crippen LogP contribution in [-0.2, 0) is 4.79 Å². The summed E-state index contributed by atoms with van der Waals surface area (Å²) in [6.07, 6.45) is 3.58. The third-order valence-corrected chi connectivity index (χ3v) is 7.52. The molecule has 2 N–H and O–H groups in total. The first-order valence-corrected chi connectivity index (χ1v) is 12.8. The van der Waals surface area contributed by atoms with Crippen LogP contribution in [0.1, 0.15) is 24.3 Å². The van der Waals surface area contributed by atoms with E-state index in [0.717, 1.165) is 36.4 Å². The average molecular weight is 505 g/mol. The van der Waals surface area contributed by atoms with Crippen molar-refractivity contribution in [2.45, 2.75) is 18.8 Å². The molecule has 0 spiro atoms. The molecule has 0 unspecified atom stereocenters. The molecule has 0 bridgehead atoms. The lowest BCUT2D eigenvalue weighted by atomic mass is 9.86. The minimum atomic E-state index is -0.0956. The first kappa shape index (κ1) is 23.5. The maximum atomic E-state index is 12.7. The number of hydrogen-bond donors (Lipinski definition) is 2. The Morgan fingerprint density at radius 2 is 1.83 bits per heavy atom. The van der Waals surface area contributed by atoms with Gasteiger partial charge in [-0.2, -0.15) is 0 Å². The summed E-state index contributed by atoms with van der Waals surface area (Å²) in [5.41, 5.74) is 3.23. The lowest BCUT2D eigenvalue weighted by Crippen LogP contribution is -2.38. The number of amides is 1. The summed E-state index contributed by atoms with van der Waals surface area (Å²) in [5, 5.41) is 15.0. The highest BCUT2D eigenvalue weighted by atomic mass is 35.5. The van der Waals surface area contributed by atoms with Crippen molar-refractivity contribution in [1.82, 2.24) is 14.9 Å². The number of hydrogen-bond acceptors (Lipinski definition) is 6. The van der Waals surface area contributed by atoms with Gasteiger partial charge in [-0.15, -0.1) is 11.3 Å². The van der Waals surface area contributed by atoms with Crippen LogP contribution in [0.15, 0.2) is 72.2 Å². The molecule has 0 radical (unpaired) electrons. The highest BCUT2D eigenvalue weighted by Gasteiger charge is 2.24. The number of nitrogens with zero attached hydrogens (tertiary/aromatic N) is 3. The minimum absolute atomic E-state index is 0.0956. The fourth-order valence-corrected chi connectivity index (χ4v) is 5.57. The van der Waals surface area contributed by atoms with E-state index in [-0.39, 0.29) is 5.91 Å². The van der Waals surface area contributed by atoms with Gasteiger partial charge in [-0.1, -0.05) is 48.0 Å². The molecule has 1 amide bonds. The summed E-state index contributed by atoms with van der Waals surface area (Å²) >= 11 is 7.82. The highest BCUT2D eigenvalue weighted by molar-refractivity contribution is 7.13. The number of carbonyl (C=O) groups excluding carboxylic acids is 1. The maximum absolute atomic E-state index is 12.7. The first-order chi connectivity index (χ1) is 17.1. The Bertz CT molecular complexity index is 1330. The Morgan fingerprint density at radius 3 is 2.57 bits per heavy atom. The maximum Gasteiger partial charge on any atom is 0.239 e. The van der Waals surface area contributed by atoms with Crippen LogP contribution in [0.4, 0.5) is 5.82 Å². The number of aromatic hydroxyl groups is 1. The molecule has 178 valence electrons. The van der Waals surface area contributed by atoms with E-state index in [9.17, 15) is 9.90 Å². The van der Waals surface area contributed by atoms with Gasteiger partial charge in [0.05, 0.1) is 11.6 Å². The van der Waals surface area contributed by atoms with Gasteiger partial charge in [0.1, 0.15) is 11.6 Å². The Balaban J connectivity index is 1.19. The van der Waals surface area contributed by atoms with Gasteiger partial charge in [-0.3, -0.25) is 9.69 Å². The van der Waals surface area contributed by atoms with Gasteiger partial charge in [-0.25, -0.2) is 9.97 Å². The number of benzene rings is 2. The van der Waals surface area contributed by atoms with Crippen molar-refractivity contribution in [3.8, 4) is 27.6 Å². The minimum Gasteiger partial charge on any atom is -0.507 e. The molecule has 4 aromatic rings. The van der Waals surface area contributed by atoms with Crippen LogP contribution in [-0.4, -0.2) is 45.5 Å². The summed E-state index contributed by atoms with van der Waals surface area (Å²) < 4.78 is 0. The number of thiophene rings is 1. The van der Waals surface area contributed by atoms with Gasteiger partial charge in [-0.05, 0) is 67.2 Å². The fourth-order valence-electron chi connectivity index (χ4n) is 4.53. The molecule has 0 saturated carbocycles. The predicted octanol–water partition coefficient (Wildman–Crippen LogP) is 6.05. The number of rotatable bonds is 6. The second kappa shape index (κ2) is 10.6. The number of halogens is 1. The Morgan fingerprint density at radius 1 is 1.09 bits per heavy atom. The smallest absolute Gasteiger partial charge is 0.239 e. The SMILES string of the molecule is O=C(CN1CCC(c2ccccc2-c2cc(O)cs2)CC1)Nc1ccnc(-c2ccccc2Cl)n1. The van der Waals surface area contributed by atoms with Crippen molar-refractivity contribution in [2.24, 2.45) is 0 Å². The van der Waals surface area contributed by atoms with Crippen LogP contribution in [0.25, 0.3) is 21.8 Å². The molecule has 2 aromatic carbocycles. The molecule has 8 heteroatoms. The van der Waals surface area contributed by atoms with E-state index < -0.39 is 0 Å². The van der Waals surface area contributed by atoms with E-state index in [2.05, 4.69) is 38.4 Å². The standard InChI is InChI=1S/C27H25ClN4O2S/c28-23-8-4-3-7-22(23)27-29-12-9-25(31-27)30-26(34)16-32-13-10-18(11-14-32)20-5-1-2-6-21(20)24-15-19(33)17-35-24/h1-9,12,15,17-18,33H,10-11,13-14,16H2,(H,29,30,31,34). The highest BCUT2D eigenvalue weighted by Crippen LogP contribution is 2.38. The Labute approximate surface area is 213 Å². The van der Waals surface area contributed by atoms with Crippen LogP contribution in [0, 0.1) is 0 Å². The third kappa shape index (κ3) is 5.53. The van der Waals surface area contributed by atoms with Crippen LogP contribution in [0.2, 0.25) is 5.02 Å². The third-order valence-electron chi connectivity index (χ3n) is 6.24. The topological polar surface area (TPSA) is 78.4 Å². The molecule has 1 aliphatic heterocycles. The fraction of sp³-hybridized carbons (Fsp3) is 0.222. The molecule has 0 atom stereocenters. The summed E-state index contributed by atoms with van der Waals surface area (Å²) in [7, 11) is 0. The van der Waals surface area contributed by atoms with Crippen LogP contribution in [0.3, 0.4) is 0 Å². The second-order valence-corrected chi connectivity index (χ2v) is 9.92. The lowest BCUT2D eigenvalue weighted by Gasteiger charge is -2.32. The Hall–Kier alpha value is -3.26. The number of likely N-dealkylation sites (tertiary alicyclic amines) is 1. The van der Waals surface area contributed by atoms with Gasteiger partial charge in [0.25, 0.3) is 0 Å². The van der Waals surface area contributed by atoms with Gasteiger partial charge >= 0.3 is 0 Å². The van der Waals surface area contributed by atoms with Crippen molar-refractivity contribution >= 4 is 34.7 Å². The van der Waals surface area contributed by atoms with Crippen molar-refractivity contribution in [2.75, 3.05) is 25.0 Å². The predicted molar refractivity (Wildman–Crippen MR) is 141 cm³/mol. The Kier molecular flexibility index (Phi) is 7.08. The molecule has 6 nitrogen and oxygen atoms in total. The summed E-state index contributed by atoms with van der Waals surface area (Å²) in [4.78, 5) is 24.7. The zero-order valence-electron chi connectivity index (χ0n) is 19.0. The molecule has 35 heavy (non-hydrogen) atoms. The lowest BCUT2D eigenvalue weighted by molar-refractivity contribution is -0.117. The molecule has 1 fully saturated rings. The molecular formula is C27H25ClN4O2S. The molecular weight excluding hydrogens is 480 g/mol. The van der Waals surface area contributed by atoms with Gasteiger partial charge in [0, 0.05) is 22.0 Å². The summed E-state index contributed by atoms with van der Waals surface area (Å²) in [6.45, 7) is 2.01. The molecule has 0 aliphatic carbocycles. The van der Waals surface area contributed by atoms with Crippen molar-refractivity contribution in [3.63, 3.8) is 0 Å². The van der Waals surface area contributed by atoms with Gasteiger partial charge in [0.2, 0.25) is 5.91 Å². The van der Waals surface area contributed by atoms with E-state index in [0.29, 0.717) is 34.9 Å². The van der Waals surface area contributed by atoms with Gasteiger partial charge < -0.3 is 10.4 Å². The van der Waals surface area contributed by atoms with Crippen molar-refractivity contribution in [1.29, 1.82) is 0 Å². The van der Waals surface area contributed by atoms with Crippen LogP contribution in [0.5, 0.6) is 5.75 Å². The van der Waals surface area contributed by atoms with E-state index in [1.807, 2.05) is 30.3 Å². The normalized spacial score (nSPS) is 14.7. The zero-order chi connectivity index (χ0) is 24.2. The van der Waals surface area contributed by atoms with Crippen molar-refractivity contribution < 1.29 is 9.90 Å². The molecule has 3 heterocycles. The summed E-state index contributed by atoms with van der Waals surface area (Å²) in [6, 6.07) is 19.3. The van der Waals surface area contributed by atoms with Crippen LogP contribution < -0.4 is 5.32 Å². The second-order valence-electron chi connectivity index (χ2n) is 8.60. The number of piperidine rings is 1. The summed E-state index contributed by atoms with van der Waals surface area (Å²) in [5.74, 6) is 1.58. The monoisotopic (exact) mass is 504 g/mol. The zero-order valence-corrected chi connectivity index (χ0v) is 20.6. The number of nitrogens with one attached hydrogen (secondary N) is 1. The molecule has 1 aliphatic rings. The van der Waals surface area contributed by atoms with E-state index >= 15 is 0 Å². The number of aromatic nitrogens is 2. The molecule has 2 aromatic heterocycles. The van der Waals surface area contributed by atoms with Crippen LogP contribution >= 0.6 is 22.9 Å². The van der Waals surface area contributed by atoms with E-state index in [1.54, 1.807) is 35.0 Å². The van der Waals surface area contributed by atoms with Crippen molar-refractivity contribution in [3.05, 3.63) is 82.8 Å². The number of carbonyl (C=O) groups is 1. The van der Waals surface area contributed by atoms with E-state index in [4.69, 9.17) is 11.6 Å². The van der Waals surface area contributed by atoms with E-state index in [1.165, 1.54) is 11.1 Å².